The average molecular weight is 437 g/mol. The van der Waals surface area contributed by atoms with E-state index < -0.39 is 32.6 Å². The summed E-state index contributed by atoms with van der Waals surface area (Å²) < 4.78 is 44.2. The predicted molar refractivity (Wildman–Crippen MR) is 108 cm³/mol. The number of ether oxygens (including phenoxy) is 1. The first kappa shape index (κ1) is 22.2. The summed E-state index contributed by atoms with van der Waals surface area (Å²) in [5, 5.41) is 4.47. The highest BCUT2D eigenvalue weighted by molar-refractivity contribution is 7.92. The van der Waals surface area contributed by atoms with Crippen LogP contribution in [-0.4, -0.2) is 48.0 Å². The fourth-order valence-corrected chi connectivity index (χ4v) is 4.00. The summed E-state index contributed by atoms with van der Waals surface area (Å²) in [6.07, 6.45) is 9.44. The van der Waals surface area contributed by atoms with Crippen molar-refractivity contribution in [2.24, 2.45) is 0 Å². The number of terminal acetylenes is 1. The molecule has 0 radical (unpaired) electrons. The van der Waals surface area contributed by atoms with E-state index in [1.54, 1.807) is 6.07 Å². The Morgan fingerprint density at radius 3 is 2.90 bits per heavy atom. The number of nitrogens with one attached hydrogen (secondary N) is 1. The van der Waals surface area contributed by atoms with E-state index in [-0.39, 0.29) is 23.9 Å². The van der Waals surface area contributed by atoms with Crippen molar-refractivity contribution in [3.63, 3.8) is 0 Å². The maximum atomic E-state index is 14.4. The Kier molecular flexibility index (Phi) is 6.45. The number of carbonyl (C=O) groups is 1. The zero-order valence-electron chi connectivity index (χ0n) is 16.9. The molecule has 2 aromatic rings. The number of aromatic nitrogens is 2. The van der Waals surface area contributed by atoms with E-state index in [0.29, 0.717) is 18.5 Å². The number of benzene rings is 1. The van der Waals surface area contributed by atoms with Gasteiger partial charge in [-0.05, 0) is 38.3 Å². The Morgan fingerprint density at radius 2 is 2.27 bits per heavy atom. The zero-order chi connectivity index (χ0) is 21.9. The van der Waals surface area contributed by atoms with Gasteiger partial charge in [-0.1, -0.05) is 5.92 Å². The Labute approximate surface area is 174 Å². The SMILES string of the molecule is C#Cc1ccc2nn(CC[C@](C)(C(=O)NOC3CCCCO3)S(C)(=O)=O)cc2c1F. The number of sulfone groups is 1. The number of amides is 1. The third-order valence-electron chi connectivity index (χ3n) is 5.36. The average Bonchev–Trinajstić information content (AvgIpc) is 3.14. The minimum atomic E-state index is -3.81. The van der Waals surface area contributed by atoms with Crippen molar-refractivity contribution in [3.8, 4) is 12.3 Å². The van der Waals surface area contributed by atoms with Crippen LogP contribution >= 0.6 is 0 Å². The fourth-order valence-electron chi connectivity index (χ4n) is 3.16. The molecule has 0 bridgehead atoms. The molecule has 1 aliphatic rings. The summed E-state index contributed by atoms with van der Waals surface area (Å²) in [5.74, 6) is 0.901. The van der Waals surface area contributed by atoms with E-state index in [1.165, 1.54) is 23.9 Å². The topological polar surface area (TPSA) is 99.5 Å². The van der Waals surface area contributed by atoms with Gasteiger partial charge in [0.2, 0.25) is 0 Å². The highest BCUT2D eigenvalue weighted by Gasteiger charge is 2.44. The smallest absolute Gasteiger partial charge is 0.264 e. The van der Waals surface area contributed by atoms with Crippen LogP contribution in [0.3, 0.4) is 0 Å². The molecule has 1 aliphatic heterocycles. The lowest BCUT2D eigenvalue weighted by atomic mass is 10.1. The first-order valence-corrected chi connectivity index (χ1v) is 11.4. The maximum absolute atomic E-state index is 14.4. The van der Waals surface area contributed by atoms with Crippen LogP contribution in [0.1, 0.15) is 38.2 Å². The second-order valence-corrected chi connectivity index (χ2v) is 9.94. The lowest BCUT2D eigenvalue weighted by molar-refractivity contribution is -0.201. The molecular formula is C20H24FN3O5S. The summed E-state index contributed by atoms with van der Waals surface area (Å²) in [4.78, 5) is 18.0. The molecule has 1 N–H and O–H groups in total. The first-order chi connectivity index (χ1) is 14.2. The van der Waals surface area contributed by atoms with Gasteiger partial charge in [0.05, 0.1) is 16.5 Å². The van der Waals surface area contributed by atoms with Crippen LogP contribution < -0.4 is 5.48 Å². The van der Waals surface area contributed by atoms with Gasteiger partial charge in [-0.15, -0.1) is 6.42 Å². The van der Waals surface area contributed by atoms with Crippen LogP contribution in [-0.2, 0) is 30.8 Å². The number of halogens is 1. The molecule has 1 aromatic heterocycles. The van der Waals surface area contributed by atoms with Gasteiger partial charge in [0.15, 0.2) is 20.9 Å². The second-order valence-electron chi connectivity index (χ2n) is 7.49. The van der Waals surface area contributed by atoms with E-state index in [1.807, 2.05) is 0 Å². The lowest BCUT2D eigenvalue weighted by Crippen LogP contribution is -2.51. The molecule has 1 saturated heterocycles. The number of fused-ring (bicyclic) bond motifs is 1. The van der Waals surface area contributed by atoms with Gasteiger partial charge in [-0.3, -0.25) is 9.48 Å². The molecule has 0 saturated carbocycles. The quantitative estimate of drug-likeness (QED) is 0.525. The highest BCUT2D eigenvalue weighted by Crippen LogP contribution is 2.25. The standard InChI is InChI=1S/C20H24FN3O5S/c1-4-14-8-9-16-15(18(14)21)13-24(22-16)11-10-20(2,30(3,26)27)19(25)23-29-17-7-5-6-12-28-17/h1,8-9,13,17H,5-7,10-12H2,2-3H3,(H,23,25)/t17?,20-/m1/s1. The van der Waals surface area contributed by atoms with Crippen LogP contribution in [0, 0.1) is 18.2 Å². The third-order valence-corrected chi connectivity index (χ3v) is 7.39. The number of hydrogen-bond acceptors (Lipinski definition) is 6. The largest absolute Gasteiger partial charge is 0.350 e. The molecule has 8 nitrogen and oxygen atoms in total. The predicted octanol–water partition coefficient (Wildman–Crippen LogP) is 1.92. The second kappa shape index (κ2) is 8.71. The molecule has 10 heteroatoms. The fraction of sp³-hybridized carbons (Fsp3) is 0.500. The van der Waals surface area contributed by atoms with Gasteiger partial charge in [-0.2, -0.15) is 5.10 Å². The first-order valence-electron chi connectivity index (χ1n) is 9.55. The molecule has 2 heterocycles. The molecule has 1 amide bonds. The maximum Gasteiger partial charge on any atom is 0.264 e. The van der Waals surface area contributed by atoms with Gasteiger partial charge in [0.1, 0.15) is 5.82 Å². The summed E-state index contributed by atoms with van der Waals surface area (Å²) in [7, 11) is -3.81. The number of carbonyl (C=O) groups excluding carboxylic acids is 1. The molecule has 2 atom stereocenters. The molecule has 162 valence electrons. The van der Waals surface area contributed by atoms with Gasteiger partial charge in [-0.25, -0.2) is 23.1 Å². The van der Waals surface area contributed by atoms with Crippen molar-refractivity contribution in [3.05, 3.63) is 29.7 Å². The van der Waals surface area contributed by atoms with Crippen LogP contribution in [0.2, 0.25) is 0 Å². The van der Waals surface area contributed by atoms with Crippen LogP contribution in [0.25, 0.3) is 10.9 Å². The van der Waals surface area contributed by atoms with Gasteiger partial charge < -0.3 is 4.74 Å². The third kappa shape index (κ3) is 4.48. The van der Waals surface area contributed by atoms with E-state index in [0.717, 1.165) is 19.1 Å². The van der Waals surface area contributed by atoms with E-state index in [9.17, 15) is 17.6 Å². The summed E-state index contributed by atoms with van der Waals surface area (Å²) >= 11 is 0. The van der Waals surface area contributed by atoms with Crippen LogP contribution in [0.5, 0.6) is 0 Å². The minimum Gasteiger partial charge on any atom is -0.350 e. The Balaban J connectivity index is 1.74. The summed E-state index contributed by atoms with van der Waals surface area (Å²) in [6, 6.07) is 3.04. The van der Waals surface area contributed by atoms with Crippen molar-refractivity contribution < 1.29 is 27.2 Å². The molecule has 1 unspecified atom stereocenters. The van der Waals surface area contributed by atoms with Crippen molar-refractivity contribution in [1.82, 2.24) is 15.3 Å². The highest BCUT2D eigenvalue weighted by atomic mass is 32.2. The monoisotopic (exact) mass is 437 g/mol. The van der Waals surface area contributed by atoms with Gasteiger partial charge in [0.25, 0.3) is 5.91 Å². The normalized spacial score (nSPS) is 19.2. The van der Waals surface area contributed by atoms with Crippen molar-refractivity contribution in [1.29, 1.82) is 0 Å². The molecule has 1 aromatic carbocycles. The van der Waals surface area contributed by atoms with Gasteiger partial charge in [0, 0.05) is 32.0 Å². The summed E-state index contributed by atoms with van der Waals surface area (Å²) in [5.41, 5.74) is 2.73. The Morgan fingerprint density at radius 1 is 1.50 bits per heavy atom. The summed E-state index contributed by atoms with van der Waals surface area (Å²) in [6.45, 7) is 1.91. The minimum absolute atomic E-state index is 0.0659. The number of hydrogen-bond donors (Lipinski definition) is 1. The van der Waals surface area contributed by atoms with Gasteiger partial charge >= 0.3 is 0 Å². The molecular weight excluding hydrogens is 413 g/mol. The van der Waals surface area contributed by atoms with E-state index >= 15 is 0 Å². The van der Waals surface area contributed by atoms with Crippen LogP contribution in [0.15, 0.2) is 18.3 Å². The van der Waals surface area contributed by atoms with Crippen molar-refractivity contribution in [2.45, 2.75) is 50.2 Å². The molecule has 0 spiro atoms. The van der Waals surface area contributed by atoms with Crippen molar-refractivity contribution >= 4 is 26.6 Å². The molecule has 0 aliphatic carbocycles. The number of aryl methyl sites for hydroxylation is 1. The number of rotatable bonds is 7. The Bertz CT molecular complexity index is 1090. The molecule has 3 rings (SSSR count). The zero-order valence-corrected chi connectivity index (χ0v) is 17.7. The number of hydroxylamine groups is 1. The Hall–Kier alpha value is -2.48. The molecule has 1 fully saturated rings. The lowest BCUT2D eigenvalue weighted by Gasteiger charge is -2.28. The van der Waals surface area contributed by atoms with Crippen molar-refractivity contribution in [2.75, 3.05) is 12.9 Å². The van der Waals surface area contributed by atoms with E-state index in [2.05, 4.69) is 16.5 Å². The van der Waals surface area contributed by atoms with E-state index in [4.69, 9.17) is 16.0 Å². The molecule has 30 heavy (non-hydrogen) atoms. The number of nitrogens with zero attached hydrogens (tertiary/aromatic N) is 2. The van der Waals surface area contributed by atoms with Crippen LogP contribution in [0.4, 0.5) is 4.39 Å².